The van der Waals surface area contributed by atoms with Gasteiger partial charge in [-0.15, -0.1) is 0 Å². The summed E-state index contributed by atoms with van der Waals surface area (Å²) in [5, 5.41) is 0. The molecule has 1 heterocycles. The van der Waals surface area contributed by atoms with Crippen molar-refractivity contribution >= 4 is 0 Å². The Balaban J connectivity index is 2.18. The minimum atomic E-state index is 0.390. The Hall–Kier alpha value is -0.860. The van der Waals surface area contributed by atoms with E-state index in [1.165, 1.54) is 12.0 Å². The van der Waals surface area contributed by atoms with Crippen LogP contribution in [-0.2, 0) is 0 Å². The second-order valence-electron chi connectivity index (χ2n) is 6.43. The summed E-state index contributed by atoms with van der Waals surface area (Å²) in [4.78, 5) is 2.67. The van der Waals surface area contributed by atoms with Crippen LogP contribution in [0.4, 0.5) is 0 Å². The van der Waals surface area contributed by atoms with Crippen molar-refractivity contribution in [2.45, 2.75) is 58.2 Å². The number of hydrogen-bond acceptors (Lipinski definition) is 2. The van der Waals surface area contributed by atoms with Gasteiger partial charge >= 0.3 is 0 Å². The van der Waals surface area contributed by atoms with Crippen LogP contribution in [0, 0.1) is 5.92 Å². The molecular weight excluding hydrogens is 232 g/mol. The maximum atomic E-state index is 6.10. The van der Waals surface area contributed by atoms with Crippen LogP contribution in [0.15, 0.2) is 30.3 Å². The molecule has 1 fully saturated rings. The Morgan fingerprint density at radius 2 is 1.95 bits per heavy atom. The van der Waals surface area contributed by atoms with E-state index < -0.39 is 0 Å². The predicted molar refractivity (Wildman–Crippen MR) is 82.0 cm³/mol. The van der Waals surface area contributed by atoms with E-state index in [4.69, 9.17) is 5.73 Å². The second kappa shape index (κ2) is 6.53. The molecule has 1 aliphatic heterocycles. The van der Waals surface area contributed by atoms with E-state index in [1.54, 1.807) is 0 Å². The van der Waals surface area contributed by atoms with Crippen molar-refractivity contribution in [3.8, 4) is 0 Å². The lowest BCUT2D eigenvalue weighted by atomic mass is 9.90. The Kier molecular flexibility index (Phi) is 5.00. The summed E-state index contributed by atoms with van der Waals surface area (Å²) in [5.41, 5.74) is 7.56. The van der Waals surface area contributed by atoms with Gasteiger partial charge in [0.2, 0.25) is 0 Å². The fourth-order valence-corrected chi connectivity index (χ4v) is 3.27. The number of nitrogens with two attached hydrogens (primary N) is 1. The van der Waals surface area contributed by atoms with Gasteiger partial charge < -0.3 is 5.73 Å². The van der Waals surface area contributed by atoms with Crippen molar-refractivity contribution in [3.63, 3.8) is 0 Å². The SMILES string of the molecule is CC(C)CC(c1ccccc1)N1CCC(N)CC1C. The molecule has 0 saturated carbocycles. The molecule has 0 bridgehead atoms. The Labute approximate surface area is 118 Å². The van der Waals surface area contributed by atoms with Crippen LogP contribution in [0.1, 0.15) is 51.6 Å². The fourth-order valence-electron chi connectivity index (χ4n) is 3.27. The minimum absolute atomic E-state index is 0.390. The lowest BCUT2D eigenvalue weighted by Gasteiger charge is -2.42. The van der Waals surface area contributed by atoms with Gasteiger partial charge in [0.15, 0.2) is 0 Å². The normalized spacial score (nSPS) is 26.6. The fraction of sp³-hybridized carbons (Fsp3) is 0.647. The summed E-state index contributed by atoms with van der Waals surface area (Å²) >= 11 is 0. The molecular formula is C17H28N2. The number of benzene rings is 1. The zero-order valence-corrected chi connectivity index (χ0v) is 12.5. The van der Waals surface area contributed by atoms with Crippen molar-refractivity contribution in [1.29, 1.82) is 0 Å². The zero-order chi connectivity index (χ0) is 13.8. The van der Waals surface area contributed by atoms with E-state index in [9.17, 15) is 0 Å². The quantitative estimate of drug-likeness (QED) is 0.896. The predicted octanol–water partition coefficient (Wildman–Crippen LogP) is 3.59. The molecule has 0 aliphatic carbocycles. The maximum absolute atomic E-state index is 6.10. The maximum Gasteiger partial charge on any atom is 0.0353 e. The van der Waals surface area contributed by atoms with Gasteiger partial charge in [-0.3, -0.25) is 4.90 Å². The van der Waals surface area contributed by atoms with Crippen molar-refractivity contribution < 1.29 is 0 Å². The highest BCUT2D eigenvalue weighted by atomic mass is 15.2. The van der Waals surface area contributed by atoms with Crippen LogP contribution in [-0.4, -0.2) is 23.5 Å². The average Bonchev–Trinajstić information content (AvgIpc) is 2.37. The summed E-state index contributed by atoms with van der Waals surface area (Å²) < 4.78 is 0. The van der Waals surface area contributed by atoms with Crippen LogP contribution in [0.25, 0.3) is 0 Å². The molecule has 1 aromatic carbocycles. The van der Waals surface area contributed by atoms with E-state index in [2.05, 4.69) is 56.0 Å². The topological polar surface area (TPSA) is 29.3 Å². The van der Waals surface area contributed by atoms with Crippen LogP contribution >= 0.6 is 0 Å². The number of piperidine rings is 1. The molecule has 1 aliphatic rings. The van der Waals surface area contributed by atoms with Gasteiger partial charge in [0, 0.05) is 24.7 Å². The number of nitrogens with zero attached hydrogens (tertiary/aromatic N) is 1. The molecule has 3 unspecified atom stereocenters. The van der Waals surface area contributed by atoms with Crippen molar-refractivity contribution in [3.05, 3.63) is 35.9 Å². The van der Waals surface area contributed by atoms with Crippen molar-refractivity contribution in [2.75, 3.05) is 6.54 Å². The molecule has 2 nitrogen and oxygen atoms in total. The number of hydrogen-bond donors (Lipinski definition) is 1. The monoisotopic (exact) mass is 260 g/mol. The Bertz CT molecular complexity index is 374. The molecule has 0 aromatic heterocycles. The van der Waals surface area contributed by atoms with Crippen LogP contribution < -0.4 is 5.73 Å². The third kappa shape index (κ3) is 3.80. The summed E-state index contributed by atoms with van der Waals surface area (Å²) in [6.45, 7) is 8.09. The highest BCUT2D eigenvalue weighted by Crippen LogP contribution is 2.32. The third-order valence-corrected chi connectivity index (χ3v) is 4.25. The van der Waals surface area contributed by atoms with Gasteiger partial charge in [-0.25, -0.2) is 0 Å². The molecule has 1 aromatic rings. The molecule has 2 rings (SSSR count). The lowest BCUT2D eigenvalue weighted by molar-refractivity contribution is 0.0833. The van der Waals surface area contributed by atoms with Gasteiger partial charge in [-0.2, -0.15) is 0 Å². The smallest absolute Gasteiger partial charge is 0.0353 e. The molecule has 0 spiro atoms. The van der Waals surface area contributed by atoms with Crippen LogP contribution in [0.5, 0.6) is 0 Å². The minimum Gasteiger partial charge on any atom is -0.328 e. The summed E-state index contributed by atoms with van der Waals surface area (Å²) in [6.07, 6.45) is 3.48. The van der Waals surface area contributed by atoms with Crippen LogP contribution in [0.3, 0.4) is 0 Å². The summed E-state index contributed by atoms with van der Waals surface area (Å²) in [5.74, 6) is 0.716. The lowest BCUT2D eigenvalue weighted by Crippen LogP contribution is -2.47. The zero-order valence-electron chi connectivity index (χ0n) is 12.5. The largest absolute Gasteiger partial charge is 0.328 e. The van der Waals surface area contributed by atoms with Crippen molar-refractivity contribution in [1.82, 2.24) is 4.90 Å². The van der Waals surface area contributed by atoms with Crippen LogP contribution in [0.2, 0.25) is 0 Å². The first kappa shape index (κ1) is 14.5. The van der Waals surface area contributed by atoms with Gasteiger partial charge in [-0.1, -0.05) is 44.2 Å². The summed E-state index contributed by atoms with van der Waals surface area (Å²) in [6, 6.07) is 12.5. The van der Waals surface area contributed by atoms with E-state index >= 15 is 0 Å². The number of likely N-dealkylation sites (tertiary alicyclic amines) is 1. The Morgan fingerprint density at radius 1 is 1.26 bits per heavy atom. The van der Waals surface area contributed by atoms with Gasteiger partial charge in [0.1, 0.15) is 0 Å². The summed E-state index contributed by atoms with van der Waals surface area (Å²) in [7, 11) is 0. The van der Waals surface area contributed by atoms with Gasteiger partial charge in [-0.05, 0) is 37.7 Å². The standard InChI is InChI=1S/C17H28N2/c1-13(2)11-17(15-7-5-4-6-8-15)19-10-9-16(18)12-14(19)3/h4-8,13-14,16-17H,9-12,18H2,1-3H3. The molecule has 106 valence electrons. The average molecular weight is 260 g/mol. The Morgan fingerprint density at radius 3 is 2.53 bits per heavy atom. The second-order valence-corrected chi connectivity index (χ2v) is 6.43. The van der Waals surface area contributed by atoms with E-state index in [0.717, 1.165) is 19.4 Å². The highest BCUT2D eigenvalue weighted by molar-refractivity contribution is 5.19. The molecule has 3 atom stereocenters. The highest BCUT2D eigenvalue weighted by Gasteiger charge is 2.30. The third-order valence-electron chi connectivity index (χ3n) is 4.25. The van der Waals surface area contributed by atoms with Gasteiger partial charge in [0.25, 0.3) is 0 Å². The first-order valence-electron chi connectivity index (χ1n) is 7.64. The molecule has 0 amide bonds. The van der Waals surface area contributed by atoms with E-state index in [0.29, 0.717) is 24.0 Å². The number of rotatable bonds is 4. The first-order valence-corrected chi connectivity index (χ1v) is 7.64. The van der Waals surface area contributed by atoms with E-state index in [-0.39, 0.29) is 0 Å². The molecule has 2 heteroatoms. The molecule has 2 N–H and O–H groups in total. The molecule has 1 saturated heterocycles. The van der Waals surface area contributed by atoms with Gasteiger partial charge in [0.05, 0.1) is 0 Å². The first-order chi connectivity index (χ1) is 9.08. The van der Waals surface area contributed by atoms with E-state index in [1.807, 2.05) is 0 Å². The molecule has 19 heavy (non-hydrogen) atoms. The molecule has 0 radical (unpaired) electrons. The van der Waals surface area contributed by atoms with Crippen molar-refractivity contribution in [2.24, 2.45) is 11.7 Å².